The SMILES string of the molecule is I.c1ccc(N2CCCC(NC(=NCC3CCOC3)NCCc3ccco3)C2)cc1. The van der Waals surface area contributed by atoms with Gasteiger partial charge >= 0.3 is 0 Å². The maximum atomic E-state index is 5.50. The van der Waals surface area contributed by atoms with Gasteiger partial charge < -0.3 is 24.7 Å². The molecule has 7 heteroatoms. The predicted octanol–water partition coefficient (Wildman–Crippen LogP) is 3.68. The Morgan fingerprint density at radius 1 is 1.13 bits per heavy atom. The topological polar surface area (TPSA) is 62.0 Å². The van der Waals surface area contributed by atoms with E-state index < -0.39 is 0 Å². The average molecular weight is 524 g/mol. The molecule has 2 aliphatic heterocycles. The molecule has 1 aromatic carbocycles. The maximum Gasteiger partial charge on any atom is 0.191 e. The summed E-state index contributed by atoms with van der Waals surface area (Å²) < 4.78 is 10.9. The first kappa shape index (κ1) is 22.9. The van der Waals surface area contributed by atoms with Crippen LogP contribution in [0.25, 0.3) is 0 Å². The number of para-hydroxylation sites is 1. The minimum absolute atomic E-state index is 0. The van der Waals surface area contributed by atoms with Crippen molar-refractivity contribution in [1.82, 2.24) is 10.6 Å². The number of hydrogen-bond acceptors (Lipinski definition) is 4. The minimum atomic E-state index is 0. The molecular weight excluding hydrogens is 491 g/mol. The molecule has 2 N–H and O–H groups in total. The molecule has 0 saturated carbocycles. The number of hydrogen-bond donors (Lipinski definition) is 2. The van der Waals surface area contributed by atoms with Crippen molar-refractivity contribution in [1.29, 1.82) is 0 Å². The lowest BCUT2D eigenvalue weighted by Gasteiger charge is -2.35. The van der Waals surface area contributed by atoms with E-state index in [-0.39, 0.29) is 24.0 Å². The Balaban J connectivity index is 0.00000256. The second-order valence-electron chi connectivity index (χ2n) is 7.94. The molecule has 2 atom stereocenters. The van der Waals surface area contributed by atoms with Gasteiger partial charge in [0.1, 0.15) is 5.76 Å². The smallest absolute Gasteiger partial charge is 0.191 e. The zero-order chi connectivity index (χ0) is 19.7. The van der Waals surface area contributed by atoms with Gasteiger partial charge in [-0.05, 0) is 43.5 Å². The molecular formula is C23H33IN4O2. The van der Waals surface area contributed by atoms with Crippen molar-refractivity contribution in [2.45, 2.75) is 31.7 Å². The molecule has 2 aliphatic rings. The van der Waals surface area contributed by atoms with Gasteiger partial charge in [-0.1, -0.05) is 18.2 Å². The normalized spacial score (nSPS) is 21.9. The van der Waals surface area contributed by atoms with Crippen LogP contribution in [0.1, 0.15) is 25.0 Å². The van der Waals surface area contributed by atoms with Gasteiger partial charge in [0, 0.05) is 56.9 Å². The van der Waals surface area contributed by atoms with Crippen LogP contribution in [0, 0.1) is 5.92 Å². The van der Waals surface area contributed by atoms with Crippen LogP contribution in [0.2, 0.25) is 0 Å². The summed E-state index contributed by atoms with van der Waals surface area (Å²) in [5.41, 5.74) is 1.30. The van der Waals surface area contributed by atoms with E-state index in [1.165, 1.54) is 12.1 Å². The number of nitrogens with zero attached hydrogens (tertiary/aromatic N) is 2. The van der Waals surface area contributed by atoms with Gasteiger partial charge in [-0.2, -0.15) is 0 Å². The van der Waals surface area contributed by atoms with Crippen LogP contribution >= 0.6 is 24.0 Å². The van der Waals surface area contributed by atoms with Gasteiger partial charge in [-0.15, -0.1) is 24.0 Å². The minimum Gasteiger partial charge on any atom is -0.469 e. The van der Waals surface area contributed by atoms with Crippen LogP contribution in [0.3, 0.4) is 0 Å². The van der Waals surface area contributed by atoms with Crippen LogP contribution in [0.5, 0.6) is 0 Å². The molecule has 4 rings (SSSR count). The first-order valence-corrected chi connectivity index (χ1v) is 10.8. The van der Waals surface area contributed by atoms with Gasteiger partial charge in [0.25, 0.3) is 0 Å². The van der Waals surface area contributed by atoms with E-state index in [0.29, 0.717) is 12.0 Å². The summed E-state index contributed by atoms with van der Waals surface area (Å²) in [6, 6.07) is 15.0. The number of nitrogens with one attached hydrogen (secondary N) is 2. The second-order valence-corrected chi connectivity index (χ2v) is 7.94. The number of benzene rings is 1. The maximum absolute atomic E-state index is 5.50. The average Bonchev–Trinajstić information content (AvgIpc) is 3.47. The molecule has 0 bridgehead atoms. The highest BCUT2D eigenvalue weighted by Gasteiger charge is 2.21. The molecule has 2 unspecified atom stereocenters. The molecule has 2 saturated heterocycles. The second kappa shape index (κ2) is 12.2. The Bertz CT molecular complexity index is 748. The van der Waals surface area contributed by atoms with Crippen molar-refractivity contribution in [3.05, 3.63) is 54.5 Å². The van der Waals surface area contributed by atoms with E-state index in [4.69, 9.17) is 14.1 Å². The van der Waals surface area contributed by atoms with Gasteiger partial charge in [0.15, 0.2) is 5.96 Å². The molecule has 2 aromatic rings. The van der Waals surface area contributed by atoms with Crippen LogP contribution < -0.4 is 15.5 Å². The zero-order valence-corrected chi connectivity index (χ0v) is 19.8. The van der Waals surface area contributed by atoms with E-state index in [9.17, 15) is 0 Å². The van der Waals surface area contributed by atoms with Crippen LogP contribution in [-0.2, 0) is 11.2 Å². The van der Waals surface area contributed by atoms with Crippen molar-refractivity contribution in [3.8, 4) is 0 Å². The number of anilines is 1. The van der Waals surface area contributed by atoms with Crippen molar-refractivity contribution >= 4 is 35.6 Å². The van der Waals surface area contributed by atoms with Crippen molar-refractivity contribution in [3.63, 3.8) is 0 Å². The number of rotatable bonds is 7. The third kappa shape index (κ3) is 6.91. The van der Waals surface area contributed by atoms with Gasteiger partial charge in [-0.3, -0.25) is 4.99 Å². The lowest BCUT2D eigenvalue weighted by molar-refractivity contribution is 0.187. The van der Waals surface area contributed by atoms with E-state index in [0.717, 1.165) is 70.4 Å². The lowest BCUT2D eigenvalue weighted by atomic mass is 10.0. The molecule has 1 aromatic heterocycles. The van der Waals surface area contributed by atoms with Crippen LogP contribution in [0.15, 0.2) is 58.1 Å². The monoisotopic (exact) mass is 524 g/mol. The van der Waals surface area contributed by atoms with Gasteiger partial charge in [0.05, 0.1) is 12.9 Å². The third-order valence-corrected chi connectivity index (χ3v) is 5.66. The van der Waals surface area contributed by atoms with Crippen LogP contribution in [0.4, 0.5) is 5.69 Å². The molecule has 0 spiro atoms. The number of guanidine groups is 1. The summed E-state index contributed by atoms with van der Waals surface area (Å²) in [7, 11) is 0. The third-order valence-electron chi connectivity index (χ3n) is 5.66. The Hall–Kier alpha value is -1.74. The molecule has 0 amide bonds. The van der Waals surface area contributed by atoms with Crippen molar-refractivity contribution in [2.24, 2.45) is 10.9 Å². The highest BCUT2D eigenvalue weighted by atomic mass is 127. The fraction of sp³-hybridized carbons (Fsp3) is 0.522. The first-order chi connectivity index (χ1) is 14.4. The summed E-state index contributed by atoms with van der Waals surface area (Å²) >= 11 is 0. The summed E-state index contributed by atoms with van der Waals surface area (Å²) in [6.45, 7) is 5.41. The van der Waals surface area contributed by atoms with E-state index in [1.54, 1.807) is 6.26 Å². The Kier molecular flexibility index (Phi) is 9.32. The molecule has 0 aliphatic carbocycles. The summed E-state index contributed by atoms with van der Waals surface area (Å²) in [6.07, 6.45) is 6.02. The van der Waals surface area contributed by atoms with Crippen molar-refractivity contribution in [2.75, 3.05) is 44.3 Å². The van der Waals surface area contributed by atoms with Crippen molar-refractivity contribution < 1.29 is 9.15 Å². The van der Waals surface area contributed by atoms with Gasteiger partial charge in [0.2, 0.25) is 0 Å². The highest BCUT2D eigenvalue weighted by Crippen LogP contribution is 2.19. The zero-order valence-electron chi connectivity index (χ0n) is 17.5. The Morgan fingerprint density at radius 3 is 2.80 bits per heavy atom. The number of piperidine rings is 1. The first-order valence-electron chi connectivity index (χ1n) is 10.8. The summed E-state index contributed by atoms with van der Waals surface area (Å²) in [4.78, 5) is 7.35. The quantitative estimate of drug-likeness (QED) is 0.329. The van der Waals surface area contributed by atoms with Gasteiger partial charge in [-0.25, -0.2) is 0 Å². The molecule has 3 heterocycles. The Morgan fingerprint density at radius 2 is 2.03 bits per heavy atom. The molecule has 30 heavy (non-hydrogen) atoms. The van der Waals surface area contributed by atoms with Crippen LogP contribution in [-0.4, -0.2) is 51.4 Å². The van der Waals surface area contributed by atoms with E-state index in [1.807, 2.05) is 12.1 Å². The lowest BCUT2D eigenvalue weighted by Crippen LogP contribution is -2.51. The molecule has 6 nitrogen and oxygen atoms in total. The predicted molar refractivity (Wildman–Crippen MR) is 132 cm³/mol. The highest BCUT2D eigenvalue weighted by molar-refractivity contribution is 14.0. The summed E-state index contributed by atoms with van der Waals surface area (Å²) in [5.74, 6) is 2.43. The standard InChI is InChI=1S/C23H32N4O2.HI/c1-2-7-21(8-3-1)27-13-4-6-20(17-27)26-23(25-16-19-11-15-28-18-19)24-12-10-22-9-5-14-29-22;/h1-3,5,7-9,14,19-20H,4,6,10-13,15-18H2,(H2,24,25,26);1H. The molecule has 2 fully saturated rings. The fourth-order valence-electron chi connectivity index (χ4n) is 4.02. The number of ether oxygens (including phenoxy) is 1. The van der Waals surface area contributed by atoms with E-state index in [2.05, 4.69) is 45.9 Å². The fourth-order valence-corrected chi connectivity index (χ4v) is 4.02. The van der Waals surface area contributed by atoms with E-state index >= 15 is 0 Å². The number of halogens is 1. The Labute approximate surface area is 196 Å². The largest absolute Gasteiger partial charge is 0.469 e. The molecule has 0 radical (unpaired) electrons. The number of furan rings is 1. The molecule has 164 valence electrons. The summed E-state index contributed by atoms with van der Waals surface area (Å²) in [5, 5.41) is 7.19. The number of aliphatic imine (C=N–C) groups is 1.